The number of ether oxygens (including phenoxy) is 1. The number of benzene rings is 1. The summed E-state index contributed by atoms with van der Waals surface area (Å²) in [5.74, 6) is 0.435. The molecular weight excluding hydrogens is 498 g/mol. The van der Waals surface area contributed by atoms with Crippen molar-refractivity contribution >= 4 is 15.9 Å². The lowest BCUT2D eigenvalue weighted by Gasteiger charge is -2.40. The van der Waals surface area contributed by atoms with E-state index in [1.807, 2.05) is 0 Å². The Hall–Kier alpha value is -1.55. The van der Waals surface area contributed by atoms with Crippen molar-refractivity contribution in [2.45, 2.75) is 116 Å². The van der Waals surface area contributed by atoms with E-state index < -0.39 is 0 Å². The average molecular weight is 547 g/mol. The lowest BCUT2D eigenvalue weighted by molar-refractivity contribution is 0.0443. The second-order valence-corrected chi connectivity index (χ2v) is 10.8. The van der Waals surface area contributed by atoms with Gasteiger partial charge in [-0.05, 0) is 18.4 Å². The van der Waals surface area contributed by atoms with Crippen molar-refractivity contribution in [3.05, 3.63) is 64.6 Å². The van der Waals surface area contributed by atoms with Crippen LogP contribution in [0.1, 0.15) is 109 Å². The van der Waals surface area contributed by atoms with Crippen molar-refractivity contribution in [1.29, 1.82) is 0 Å². The van der Waals surface area contributed by atoms with Crippen LogP contribution >= 0.6 is 15.9 Å². The van der Waals surface area contributed by atoms with Crippen LogP contribution in [0.3, 0.4) is 0 Å². The van der Waals surface area contributed by atoms with Gasteiger partial charge in [-0.1, -0.05) is 137 Å². The average Bonchev–Trinajstić information content (AvgIpc) is 2.88. The molecule has 0 aliphatic heterocycles. The third-order valence-corrected chi connectivity index (χ3v) is 8.44. The van der Waals surface area contributed by atoms with Crippen LogP contribution in [-0.2, 0) is 6.42 Å². The topological polar surface area (TPSA) is 42.1 Å². The number of rotatable bonds is 20. The number of unbranched alkanes of at least 4 members (excludes halogenated alkanes) is 10. The first-order valence-corrected chi connectivity index (χ1v) is 15.2. The second kappa shape index (κ2) is 17.8. The van der Waals surface area contributed by atoms with E-state index in [2.05, 4.69) is 65.1 Å². The smallest absolute Gasteiger partial charge is 0.223 e. The SMILES string of the molecule is CCCCCCCCC(CBr)(CCCCCCCC)C(Cc1ccccc1)Oc1c[nH]ccc1=O. The Balaban J connectivity index is 2.23. The first-order valence-electron chi connectivity index (χ1n) is 14.1. The summed E-state index contributed by atoms with van der Waals surface area (Å²) in [5, 5.41) is 0.895. The summed E-state index contributed by atoms with van der Waals surface area (Å²) < 4.78 is 6.62. The fourth-order valence-electron chi connectivity index (χ4n) is 5.04. The zero-order valence-corrected chi connectivity index (χ0v) is 23.8. The number of aromatic nitrogens is 1. The Labute approximate surface area is 222 Å². The van der Waals surface area contributed by atoms with Crippen LogP contribution in [0, 0.1) is 5.41 Å². The van der Waals surface area contributed by atoms with Crippen LogP contribution in [0.5, 0.6) is 5.75 Å². The minimum atomic E-state index is -0.0564. The molecule has 1 atom stereocenters. The van der Waals surface area contributed by atoms with Crippen LogP contribution in [0.15, 0.2) is 53.6 Å². The van der Waals surface area contributed by atoms with Crippen LogP contribution in [-0.4, -0.2) is 16.4 Å². The van der Waals surface area contributed by atoms with Crippen molar-refractivity contribution in [2.24, 2.45) is 5.41 Å². The van der Waals surface area contributed by atoms with Crippen molar-refractivity contribution in [2.75, 3.05) is 5.33 Å². The lowest BCUT2D eigenvalue weighted by atomic mass is 9.73. The maximum Gasteiger partial charge on any atom is 0.223 e. The van der Waals surface area contributed by atoms with Crippen LogP contribution in [0.4, 0.5) is 0 Å². The summed E-state index contributed by atoms with van der Waals surface area (Å²) in [7, 11) is 0. The Bertz CT molecular complexity index is 819. The third-order valence-electron chi connectivity index (χ3n) is 7.33. The quantitative estimate of drug-likeness (QED) is 0.133. The van der Waals surface area contributed by atoms with Gasteiger partial charge in [0, 0.05) is 35.6 Å². The molecule has 0 amide bonds. The van der Waals surface area contributed by atoms with Crippen molar-refractivity contribution in [3.8, 4) is 5.75 Å². The van der Waals surface area contributed by atoms with Crippen LogP contribution in [0.2, 0.25) is 0 Å². The van der Waals surface area contributed by atoms with E-state index in [4.69, 9.17) is 4.74 Å². The van der Waals surface area contributed by atoms with Gasteiger partial charge in [-0.25, -0.2) is 0 Å². The standard InChI is InChI=1S/C31H48BrNO2/c1-3-5-7-9-11-16-21-31(26-32,22-17-12-10-8-6-4-2)30(24-27-18-14-13-15-19-27)35-29-25-33-23-20-28(29)34/h13-15,18-20,23,25,30H,3-12,16-17,21-22,24,26H2,1-2H3,(H,33,34). The first kappa shape index (κ1) is 29.7. The van der Waals surface area contributed by atoms with E-state index in [0.717, 1.165) is 24.6 Å². The highest BCUT2D eigenvalue weighted by Gasteiger charge is 2.39. The summed E-state index contributed by atoms with van der Waals surface area (Å²) in [6.07, 6.45) is 21.9. The van der Waals surface area contributed by atoms with Crippen LogP contribution in [0.25, 0.3) is 0 Å². The van der Waals surface area contributed by atoms with E-state index in [-0.39, 0.29) is 16.9 Å². The number of hydrogen-bond donors (Lipinski definition) is 1. The molecule has 2 aromatic rings. The minimum Gasteiger partial charge on any atom is -0.484 e. The molecule has 0 bridgehead atoms. The molecule has 0 fully saturated rings. The molecule has 1 aromatic carbocycles. The molecular formula is C31H48BrNO2. The molecule has 0 aliphatic rings. The van der Waals surface area contributed by atoms with Gasteiger partial charge in [-0.3, -0.25) is 4.79 Å². The number of alkyl halides is 1. The number of hydrogen-bond acceptors (Lipinski definition) is 2. The van der Waals surface area contributed by atoms with Gasteiger partial charge in [0.2, 0.25) is 5.43 Å². The summed E-state index contributed by atoms with van der Waals surface area (Å²) in [6, 6.07) is 12.2. The molecule has 0 saturated carbocycles. The second-order valence-electron chi connectivity index (χ2n) is 10.2. The Morgan fingerprint density at radius 1 is 0.829 bits per heavy atom. The molecule has 2 rings (SSSR count). The molecule has 35 heavy (non-hydrogen) atoms. The fraction of sp³-hybridized carbons (Fsp3) is 0.645. The molecule has 3 nitrogen and oxygen atoms in total. The van der Waals surface area contributed by atoms with Gasteiger partial charge in [0.25, 0.3) is 0 Å². The monoisotopic (exact) mass is 545 g/mol. The molecule has 4 heteroatoms. The molecule has 0 radical (unpaired) electrons. The highest BCUT2D eigenvalue weighted by atomic mass is 79.9. The summed E-state index contributed by atoms with van der Waals surface area (Å²) >= 11 is 3.94. The maximum absolute atomic E-state index is 12.6. The molecule has 1 unspecified atom stereocenters. The first-order chi connectivity index (χ1) is 17.1. The van der Waals surface area contributed by atoms with Crippen molar-refractivity contribution < 1.29 is 4.74 Å². The van der Waals surface area contributed by atoms with Gasteiger partial charge in [0.05, 0.1) is 0 Å². The predicted molar refractivity (Wildman–Crippen MR) is 154 cm³/mol. The Morgan fingerprint density at radius 3 is 1.94 bits per heavy atom. The number of H-pyrrole nitrogens is 1. The summed E-state index contributed by atoms with van der Waals surface area (Å²) in [6.45, 7) is 4.54. The zero-order chi connectivity index (χ0) is 25.2. The predicted octanol–water partition coefficient (Wildman–Crippen LogP) is 9.25. The van der Waals surface area contributed by atoms with E-state index in [0.29, 0.717) is 5.75 Å². The van der Waals surface area contributed by atoms with Gasteiger partial charge in [-0.2, -0.15) is 0 Å². The van der Waals surface area contributed by atoms with Gasteiger partial charge in [0.15, 0.2) is 5.75 Å². The zero-order valence-electron chi connectivity index (χ0n) is 22.2. The highest BCUT2D eigenvalue weighted by Crippen LogP contribution is 2.40. The minimum absolute atomic E-state index is 0.00631. The molecule has 1 N–H and O–H groups in total. The normalized spacial score (nSPS) is 12.5. The fourth-order valence-corrected chi connectivity index (χ4v) is 5.96. The molecule has 196 valence electrons. The largest absolute Gasteiger partial charge is 0.484 e. The lowest BCUT2D eigenvalue weighted by Crippen LogP contribution is -2.43. The van der Waals surface area contributed by atoms with Gasteiger partial charge < -0.3 is 9.72 Å². The highest BCUT2D eigenvalue weighted by molar-refractivity contribution is 9.09. The van der Waals surface area contributed by atoms with Crippen LogP contribution < -0.4 is 10.2 Å². The number of nitrogens with one attached hydrogen (secondary N) is 1. The number of halogens is 1. The number of pyridine rings is 1. The third kappa shape index (κ3) is 10.9. The van der Waals surface area contributed by atoms with Gasteiger partial charge >= 0.3 is 0 Å². The van der Waals surface area contributed by atoms with Gasteiger partial charge in [-0.15, -0.1) is 0 Å². The summed E-state index contributed by atoms with van der Waals surface area (Å²) in [4.78, 5) is 15.6. The molecule has 0 spiro atoms. The van der Waals surface area contributed by atoms with Crippen molar-refractivity contribution in [1.82, 2.24) is 4.98 Å². The Kier molecular flexibility index (Phi) is 15.1. The maximum atomic E-state index is 12.6. The number of aromatic amines is 1. The summed E-state index contributed by atoms with van der Waals surface area (Å²) in [5.41, 5.74) is 1.21. The van der Waals surface area contributed by atoms with Crippen molar-refractivity contribution in [3.63, 3.8) is 0 Å². The van der Waals surface area contributed by atoms with E-state index in [1.165, 1.54) is 82.6 Å². The molecule has 1 heterocycles. The van der Waals surface area contributed by atoms with E-state index in [9.17, 15) is 4.79 Å². The molecule has 0 aliphatic carbocycles. The molecule has 0 saturated heterocycles. The Morgan fingerprint density at radius 2 is 1.40 bits per heavy atom. The van der Waals surface area contributed by atoms with Gasteiger partial charge in [0.1, 0.15) is 6.10 Å². The molecule has 1 aromatic heterocycles. The van der Waals surface area contributed by atoms with E-state index in [1.54, 1.807) is 18.5 Å². The van der Waals surface area contributed by atoms with E-state index >= 15 is 0 Å².